The number of halogens is 1. The third kappa shape index (κ3) is 3.08. The third-order valence-corrected chi connectivity index (χ3v) is 4.93. The van der Waals surface area contributed by atoms with Crippen LogP contribution in [-0.4, -0.2) is 23.7 Å². The summed E-state index contributed by atoms with van der Waals surface area (Å²) in [5.41, 5.74) is 2.02. The highest BCUT2D eigenvalue weighted by Gasteiger charge is 2.35. The van der Waals surface area contributed by atoms with Gasteiger partial charge in [-0.1, -0.05) is 18.0 Å². The van der Waals surface area contributed by atoms with E-state index < -0.39 is 5.97 Å². The Labute approximate surface area is 130 Å². The van der Waals surface area contributed by atoms with Gasteiger partial charge in [0.25, 0.3) is 0 Å². The number of carbonyl (C=O) groups is 1. The van der Waals surface area contributed by atoms with E-state index in [0.717, 1.165) is 23.7 Å². The molecule has 2 aliphatic rings. The van der Waals surface area contributed by atoms with Crippen LogP contribution < -0.4 is 4.90 Å². The van der Waals surface area contributed by atoms with Crippen LogP contribution in [0.5, 0.6) is 0 Å². The van der Waals surface area contributed by atoms with Gasteiger partial charge in [-0.3, -0.25) is 0 Å². The molecule has 0 amide bonds. The topological polar surface area (TPSA) is 40.5 Å². The van der Waals surface area contributed by atoms with Crippen molar-refractivity contribution < 1.29 is 9.90 Å². The third-order valence-electron chi connectivity index (χ3n) is 4.70. The van der Waals surface area contributed by atoms with Crippen molar-refractivity contribution in [3.63, 3.8) is 0 Å². The summed E-state index contributed by atoms with van der Waals surface area (Å²) in [5, 5.41) is 9.50. The minimum absolute atomic E-state index is 0.608. The molecule has 2 fully saturated rings. The molecular weight excluding hydrogens is 286 g/mol. The fourth-order valence-electron chi connectivity index (χ4n) is 3.83. The number of carboxylic acids is 1. The lowest BCUT2D eigenvalue weighted by Crippen LogP contribution is -2.42. The Balaban J connectivity index is 1.95. The van der Waals surface area contributed by atoms with Gasteiger partial charge in [-0.25, -0.2) is 4.79 Å². The molecule has 1 saturated carbocycles. The van der Waals surface area contributed by atoms with E-state index in [-0.39, 0.29) is 0 Å². The standard InChI is InChI=1S/C17H20ClNO2/c18-14-7-8-16(13(11-14)6-9-17(20)21)19-10-2-4-12-3-1-5-15(12)19/h6-9,11-12,15H,1-5,10H2,(H,20,21)/b9-6+. The zero-order valence-electron chi connectivity index (χ0n) is 12.0. The lowest BCUT2D eigenvalue weighted by atomic mass is 9.91. The van der Waals surface area contributed by atoms with Gasteiger partial charge in [0, 0.05) is 29.4 Å². The number of carboxylic acid groups (broad SMARTS) is 1. The van der Waals surface area contributed by atoms with Gasteiger partial charge < -0.3 is 10.0 Å². The molecule has 3 rings (SSSR count). The molecule has 2 atom stereocenters. The van der Waals surface area contributed by atoms with Gasteiger partial charge in [0.15, 0.2) is 0 Å². The first-order valence-electron chi connectivity index (χ1n) is 7.62. The second kappa shape index (κ2) is 6.10. The Morgan fingerprint density at radius 1 is 1.29 bits per heavy atom. The van der Waals surface area contributed by atoms with Gasteiger partial charge in [-0.15, -0.1) is 0 Å². The molecule has 0 spiro atoms. The summed E-state index contributed by atoms with van der Waals surface area (Å²) in [4.78, 5) is 13.3. The maximum absolute atomic E-state index is 10.8. The monoisotopic (exact) mass is 305 g/mol. The molecule has 0 bridgehead atoms. The molecule has 3 nitrogen and oxygen atoms in total. The van der Waals surface area contributed by atoms with E-state index in [0.29, 0.717) is 11.1 Å². The number of rotatable bonds is 3. The van der Waals surface area contributed by atoms with Crippen molar-refractivity contribution in [3.8, 4) is 0 Å². The molecule has 1 heterocycles. The van der Waals surface area contributed by atoms with E-state index in [1.165, 1.54) is 38.2 Å². The molecule has 0 radical (unpaired) electrons. The summed E-state index contributed by atoms with van der Waals surface area (Å²) in [6.45, 7) is 1.05. The van der Waals surface area contributed by atoms with Crippen LogP contribution >= 0.6 is 11.6 Å². The highest BCUT2D eigenvalue weighted by molar-refractivity contribution is 6.30. The molecule has 1 saturated heterocycles. The first-order chi connectivity index (χ1) is 10.1. The largest absolute Gasteiger partial charge is 0.478 e. The smallest absolute Gasteiger partial charge is 0.328 e. The van der Waals surface area contributed by atoms with Crippen molar-refractivity contribution in [1.29, 1.82) is 0 Å². The lowest BCUT2D eigenvalue weighted by Gasteiger charge is -2.40. The summed E-state index contributed by atoms with van der Waals surface area (Å²) in [7, 11) is 0. The number of hydrogen-bond donors (Lipinski definition) is 1. The predicted molar refractivity (Wildman–Crippen MR) is 85.8 cm³/mol. The summed E-state index contributed by atoms with van der Waals surface area (Å²) in [5.74, 6) is -0.135. The Hall–Kier alpha value is -1.48. The molecule has 0 aromatic heterocycles. The van der Waals surface area contributed by atoms with Gasteiger partial charge in [0.1, 0.15) is 0 Å². The maximum Gasteiger partial charge on any atom is 0.328 e. The molecule has 1 aliphatic carbocycles. The van der Waals surface area contributed by atoms with Crippen LogP contribution in [0.1, 0.15) is 37.7 Å². The highest BCUT2D eigenvalue weighted by Crippen LogP contribution is 2.40. The lowest BCUT2D eigenvalue weighted by molar-refractivity contribution is -0.131. The van der Waals surface area contributed by atoms with Crippen LogP contribution in [-0.2, 0) is 4.79 Å². The molecule has 1 aromatic rings. The Morgan fingerprint density at radius 3 is 2.90 bits per heavy atom. The van der Waals surface area contributed by atoms with Crippen LogP contribution in [0, 0.1) is 5.92 Å². The van der Waals surface area contributed by atoms with Crippen molar-refractivity contribution >= 4 is 29.3 Å². The number of fused-ring (bicyclic) bond motifs is 1. The quantitative estimate of drug-likeness (QED) is 0.851. The average molecular weight is 306 g/mol. The Bertz CT molecular complexity index is 570. The normalized spacial score (nSPS) is 25.3. The van der Waals surface area contributed by atoms with Crippen molar-refractivity contribution in [2.45, 2.75) is 38.1 Å². The molecule has 21 heavy (non-hydrogen) atoms. The molecule has 1 N–H and O–H groups in total. The SMILES string of the molecule is O=C(O)/C=C/c1cc(Cl)ccc1N1CCCC2CCCC21. The summed E-state index contributed by atoms with van der Waals surface area (Å²) in [6, 6.07) is 6.39. The number of nitrogens with zero attached hydrogens (tertiary/aromatic N) is 1. The Kier molecular flexibility index (Phi) is 4.20. The van der Waals surface area contributed by atoms with Gasteiger partial charge >= 0.3 is 5.97 Å². The average Bonchev–Trinajstić information content (AvgIpc) is 2.93. The summed E-state index contributed by atoms with van der Waals surface area (Å²) in [6.07, 6.45) is 9.26. The first kappa shape index (κ1) is 14.5. The minimum Gasteiger partial charge on any atom is -0.478 e. The molecule has 112 valence electrons. The fourth-order valence-corrected chi connectivity index (χ4v) is 4.02. The van der Waals surface area contributed by atoms with Gasteiger partial charge in [0.2, 0.25) is 0 Å². The van der Waals surface area contributed by atoms with Crippen LogP contribution in [0.15, 0.2) is 24.3 Å². The van der Waals surface area contributed by atoms with E-state index in [4.69, 9.17) is 16.7 Å². The first-order valence-corrected chi connectivity index (χ1v) is 8.00. The zero-order valence-corrected chi connectivity index (χ0v) is 12.7. The van der Waals surface area contributed by atoms with Gasteiger partial charge in [0.05, 0.1) is 0 Å². The highest BCUT2D eigenvalue weighted by atomic mass is 35.5. The molecule has 1 aromatic carbocycles. The maximum atomic E-state index is 10.8. The fraction of sp³-hybridized carbons (Fsp3) is 0.471. The summed E-state index contributed by atoms with van der Waals surface area (Å²) < 4.78 is 0. The predicted octanol–water partition coefficient (Wildman–Crippen LogP) is 4.21. The van der Waals surface area contributed by atoms with Crippen LogP contribution in [0.4, 0.5) is 5.69 Å². The van der Waals surface area contributed by atoms with Crippen molar-refractivity contribution in [3.05, 3.63) is 34.9 Å². The molecule has 4 heteroatoms. The number of anilines is 1. The zero-order chi connectivity index (χ0) is 14.8. The van der Waals surface area contributed by atoms with Crippen molar-refractivity contribution in [2.24, 2.45) is 5.92 Å². The molecule has 1 aliphatic heterocycles. The van der Waals surface area contributed by atoms with Crippen LogP contribution in [0.25, 0.3) is 6.08 Å². The number of piperidine rings is 1. The van der Waals surface area contributed by atoms with E-state index in [1.807, 2.05) is 18.2 Å². The second-order valence-corrected chi connectivity index (χ2v) is 6.41. The van der Waals surface area contributed by atoms with Gasteiger partial charge in [-0.2, -0.15) is 0 Å². The second-order valence-electron chi connectivity index (χ2n) is 5.97. The van der Waals surface area contributed by atoms with E-state index in [1.54, 1.807) is 6.08 Å². The minimum atomic E-state index is -0.932. The van der Waals surface area contributed by atoms with Crippen LogP contribution in [0.3, 0.4) is 0 Å². The number of aliphatic carboxylic acids is 1. The van der Waals surface area contributed by atoms with Crippen molar-refractivity contribution in [1.82, 2.24) is 0 Å². The van der Waals surface area contributed by atoms with Crippen LogP contribution in [0.2, 0.25) is 5.02 Å². The van der Waals surface area contributed by atoms with E-state index in [9.17, 15) is 4.79 Å². The number of hydrogen-bond acceptors (Lipinski definition) is 2. The molecule has 2 unspecified atom stereocenters. The number of benzene rings is 1. The van der Waals surface area contributed by atoms with E-state index >= 15 is 0 Å². The van der Waals surface area contributed by atoms with Crippen molar-refractivity contribution in [2.75, 3.05) is 11.4 Å². The summed E-state index contributed by atoms with van der Waals surface area (Å²) >= 11 is 6.08. The molecular formula is C17H20ClNO2. The van der Waals surface area contributed by atoms with Gasteiger partial charge in [-0.05, 0) is 61.4 Å². The Morgan fingerprint density at radius 2 is 2.10 bits per heavy atom. The van der Waals surface area contributed by atoms with E-state index in [2.05, 4.69) is 4.90 Å².